The fourth-order valence-electron chi connectivity index (χ4n) is 2.03. The van der Waals surface area contributed by atoms with Crippen LogP contribution in [0.2, 0.25) is 5.02 Å². The van der Waals surface area contributed by atoms with E-state index in [2.05, 4.69) is 5.32 Å². The van der Waals surface area contributed by atoms with Gasteiger partial charge in [-0.15, -0.1) is 0 Å². The number of benzene rings is 1. The lowest BCUT2D eigenvalue weighted by Gasteiger charge is -2.25. The summed E-state index contributed by atoms with van der Waals surface area (Å²) in [6, 6.07) is 4.96. The minimum atomic E-state index is -0.535. The number of rotatable bonds is 4. The van der Waals surface area contributed by atoms with E-state index in [0.717, 1.165) is 12.8 Å². The van der Waals surface area contributed by atoms with Gasteiger partial charge in [-0.05, 0) is 38.0 Å². The minimum absolute atomic E-state index is 0.0754. The molecule has 1 aliphatic rings. The third-order valence-corrected chi connectivity index (χ3v) is 3.50. The number of anilines is 2. The molecule has 1 saturated heterocycles. The molecular formula is C14H19ClN2O3. The van der Waals surface area contributed by atoms with E-state index in [4.69, 9.17) is 26.8 Å². The zero-order valence-corrected chi connectivity index (χ0v) is 12.2. The summed E-state index contributed by atoms with van der Waals surface area (Å²) >= 11 is 6.02. The number of ether oxygens (including phenoxy) is 2. The summed E-state index contributed by atoms with van der Waals surface area (Å²) in [5, 5.41) is 3.16. The predicted octanol–water partition coefficient (Wildman–Crippen LogP) is 2.44. The van der Waals surface area contributed by atoms with Crippen LogP contribution in [-0.2, 0) is 14.3 Å². The monoisotopic (exact) mass is 298 g/mol. The second-order valence-corrected chi connectivity index (χ2v) is 5.23. The smallest absolute Gasteiger partial charge is 0.253 e. The van der Waals surface area contributed by atoms with Gasteiger partial charge in [0.2, 0.25) is 0 Å². The molecule has 1 fully saturated rings. The molecule has 1 unspecified atom stereocenters. The molecule has 1 aromatic carbocycles. The van der Waals surface area contributed by atoms with Gasteiger partial charge in [0, 0.05) is 18.9 Å². The lowest BCUT2D eigenvalue weighted by molar-refractivity contribution is -0.133. The zero-order valence-electron chi connectivity index (χ0n) is 11.4. The second-order valence-electron chi connectivity index (χ2n) is 4.82. The topological polar surface area (TPSA) is 73.6 Å². The van der Waals surface area contributed by atoms with Crippen LogP contribution in [0.4, 0.5) is 11.4 Å². The van der Waals surface area contributed by atoms with E-state index in [0.29, 0.717) is 29.6 Å². The molecule has 0 aromatic heterocycles. The maximum absolute atomic E-state index is 12.1. The molecule has 0 spiro atoms. The molecule has 0 radical (unpaired) electrons. The first-order valence-corrected chi connectivity index (χ1v) is 7.03. The van der Waals surface area contributed by atoms with Gasteiger partial charge >= 0.3 is 0 Å². The largest absolute Gasteiger partial charge is 0.399 e. The summed E-state index contributed by atoms with van der Waals surface area (Å²) < 4.78 is 11.0. The summed E-state index contributed by atoms with van der Waals surface area (Å²) in [7, 11) is 0. The van der Waals surface area contributed by atoms with Crippen LogP contribution in [-0.4, -0.2) is 31.3 Å². The molecule has 1 aromatic rings. The average Bonchev–Trinajstić information content (AvgIpc) is 2.43. The van der Waals surface area contributed by atoms with Crippen molar-refractivity contribution in [1.82, 2.24) is 0 Å². The summed E-state index contributed by atoms with van der Waals surface area (Å²) in [6.45, 7) is 3.10. The maximum Gasteiger partial charge on any atom is 0.253 e. The number of carbonyl (C=O) groups is 1. The van der Waals surface area contributed by atoms with Crippen LogP contribution in [0.3, 0.4) is 0 Å². The standard InChI is InChI=1S/C14H19ClN2O3/c1-9(20-11-4-6-19-7-5-11)14(18)17-13-3-2-10(16)8-12(13)15/h2-3,8-9,11H,4-7,16H2,1H3,(H,17,18). The van der Waals surface area contributed by atoms with E-state index >= 15 is 0 Å². The van der Waals surface area contributed by atoms with Crippen molar-refractivity contribution in [1.29, 1.82) is 0 Å². The van der Waals surface area contributed by atoms with Gasteiger partial charge in [0.05, 0.1) is 16.8 Å². The second kappa shape index (κ2) is 6.92. The highest BCUT2D eigenvalue weighted by atomic mass is 35.5. The fraction of sp³-hybridized carbons (Fsp3) is 0.500. The van der Waals surface area contributed by atoms with Gasteiger partial charge < -0.3 is 20.5 Å². The molecule has 1 amide bonds. The van der Waals surface area contributed by atoms with E-state index in [1.165, 1.54) is 0 Å². The average molecular weight is 299 g/mol. The molecule has 0 aliphatic carbocycles. The molecule has 0 bridgehead atoms. The molecule has 20 heavy (non-hydrogen) atoms. The molecular weight excluding hydrogens is 280 g/mol. The Morgan fingerprint density at radius 1 is 1.50 bits per heavy atom. The summed E-state index contributed by atoms with van der Waals surface area (Å²) in [4.78, 5) is 12.1. The SMILES string of the molecule is CC(OC1CCOCC1)C(=O)Nc1ccc(N)cc1Cl. The highest BCUT2D eigenvalue weighted by Crippen LogP contribution is 2.24. The molecule has 2 rings (SSSR count). The Hall–Kier alpha value is -1.30. The van der Waals surface area contributed by atoms with Gasteiger partial charge in [-0.2, -0.15) is 0 Å². The van der Waals surface area contributed by atoms with E-state index < -0.39 is 6.10 Å². The van der Waals surface area contributed by atoms with Crippen molar-refractivity contribution in [3.05, 3.63) is 23.2 Å². The molecule has 1 atom stereocenters. The predicted molar refractivity (Wildman–Crippen MR) is 78.9 cm³/mol. The van der Waals surface area contributed by atoms with Crippen LogP contribution in [0.25, 0.3) is 0 Å². The Morgan fingerprint density at radius 2 is 2.20 bits per heavy atom. The van der Waals surface area contributed by atoms with E-state index in [-0.39, 0.29) is 12.0 Å². The molecule has 3 N–H and O–H groups in total. The van der Waals surface area contributed by atoms with E-state index in [9.17, 15) is 4.79 Å². The van der Waals surface area contributed by atoms with Crippen molar-refractivity contribution in [2.45, 2.75) is 32.0 Å². The molecule has 110 valence electrons. The Labute approximate surface area is 123 Å². The van der Waals surface area contributed by atoms with Crippen LogP contribution in [0.1, 0.15) is 19.8 Å². The minimum Gasteiger partial charge on any atom is -0.399 e. The van der Waals surface area contributed by atoms with Crippen molar-refractivity contribution in [3.63, 3.8) is 0 Å². The number of hydrogen-bond donors (Lipinski definition) is 2. The molecule has 1 aliphatic heterocycles. The van der Waals surface area contributed by atoms with Gasteiger partial charge in [-0.3, -0.25) is 4.79 Å². The van der Waals surface area contributed by atoms with Crippen molar-refractivity contribution < 1.29 is 14.3 Å². The van der Waals surface area contributed by atoms with Crippen LogP contribution >= 0.6 is 11.6 Å². The van der Waals surface area contributed by atoms with Gasteiger partial charge in [0.1, 0.15) is 6.10 Å². The summed E-state index contributed by atoms with van der Waals surface area (Å²) in [6.07, 6.45) is 1.18. The van der Waals surface area contributed by atoms with Crippen molar-refractivity contribution in [3.8, 4) is 0 Å². The van der Waals surface area contributed by atoms with Crippen molar-refractivity contribution in [2.75, 3.05) is 24.3 Å². The molecule has 5 nitrogen and oxygen atoms in total. The van der Waals surface area contributed by atoms with Crippen LogP contribution in [0.5, 0.6) is 0 Å². The first kappa shape index (κ1) is 15.1. The van der Waals surface area contributed by atoms with Crippen molar-refractivity contribution in [2.24, 2.45) is 0 Å². The zero-order chi connectivity index (χ0) is 14.5. The third-order valence-electron chi connectivity index (χ3n) is 3.19. The highest BCUT2D eigenvalue weighted by molar-refractivity contribution is 6.34. The van der Waals surface area contributed by atoms with Crippen LogP contribution < -0.4 is 11.1 Å². The number of amides is 1. The fourth-order valence-corrected chi connectivity index (χ4v) is 2.27. The maximum atomic E-state index is 12.1. The summed E-state index contributed by atoms with van der Waals surface area (Å²) in [5.74, 6) is -0.219. The van der Waals surface area contributed by atoms with Crippen molar-refractivity contribution >= 4 is 28.9 Å². The number of nitrogens with one attached hydrogen (secondary N) is 1. The molecule has 1 heterocycles. The Balaban J connectivity index is 1.89. The lowest BCUT2D eigenvalue weighted by Crippen LogP contribution is -2.34. The van der Waals surface area contributed by atoms with E-state index in [1.807, 2.05) is 0 Å². The Kier molecular flexibility index (Phi) is 5.23. The Morgan fingerprint density at radius 3 is 2.85 bits per heavy atom. The van der Waals surface area contributed by atoms with Gasteiger partial charge in [-0.1, -0.05) is 11.6 Å². The molecule has 0 saturated carbocycles. The third kappa shape index (κ3) is 4.10. The quantitative estimate of drug-likeness (QED) is 0.837. The number of hydrogen-bond acceptors (Lipinski definition) is 4. The van der Waals surface area contributed by atoms with Crippen LogP contribution in [0.15, 0.2) is 18.2 Å². The normalized spacial score (nSPS) is 17.7. The number of nitrogen functional groups attached to an aromatic ring is 1. The Bertz CT molecular complexity index is 475. The first-order valence-electron chi connectivity index (χ1n) is 6.65. The first-order chi connectivity index (χ1) is 9.56. The van der Waals surface area contributed by atoms with Crippen LogP contribution in [0, 0.1) is 0 Å². The number of halogens is 1. The van der Waals surface area contributed by atoms with Gasteiger partial charge in [0.25, 0.3) is 5.91 Å². The lowest BCUT2D eigenvalue weighted by atomic mass is 10.1. The number of carbonyl (C=O) groups excluding carboxylic acids is 1. The summed E-state index contributed by atoms with van der Waals surface area (Å²) in [5.41, 5.74) is 6.70. The van der Waals surface area contributed by atoms with E-state index in [1.54, 1.807) is 25.1 Å². The molecule has 6 heteroatoms. The number of nitrogens with two attached hydrogens (primary N) is 1. The van der Waals surface area contributed by atoms with Gasteiger partial charge in [-0.25, -0.2) is 0 Å². The highest BCUT2D eigenvalue weighted by Gasteiger charge is 2.21. The van der Waals surface area contributed by atoms with Gasteiger partial charge in [0.15, 0.2) is 0 Å².